The van der Waals surface area contributed by atoms with Crippen molar-refractivity contribution in [2.45, 2.75) is 31.0 Å². The number of benzene rings is 1. The molecule has 1 aliphatic heterocycles. The Labute approximate surface area is 177 Å². The van der Waals surface area contributed by atoms with Crippen molar-refractivity contribution in [1.82, 2.24) is 0 Å². The predicted octanol–water partition coefficient (Wildman–Crippen LogP) is 1.50. The number of aliphatic hydroxyl groups excluding tert-OH is 2. The Bertz CT molecular complexity index is 837. The fourth-order valence-corrected chi connectivity index (χ4v) is 4.93. The van der Waals surface area contributed by atoms with E-state index in [-0.39, 0.29) is 11.1 Å². The first kappa shape index (κ1) is 21.3. The summed E-state index contributed by atoms with van der Waals surface area (Å²) in [5.41, 5.74) is -1.75. The van der Waals surface area contributed by atoms with Crippen LogP contribution in [0.3, 0.4) is 0 Å². The molecule has 3 N–H and O–H groups in total. The molecule has 10 heteroatoms. The minimum atomic E-state index is -1.89. The molecule has 1 aromatic carbocycles. The second-order valence-corrected chi connectivity index (χ2v) is 8.58. The highest BCUT2D eigenvalue weighted by molar-refractivity contribution is 9.11. The quantitative estimate of drug-likeness (QED) is 0.511. The molecular formula is C18H18Br2O8. The minimum absolute atomic E-state index is 0.0534. The van der Waals surface area contributed by atoms with Crippen molar-refractivity contribution in [1.29, 1.82) is 0 Å². The van der Waals surface area contributed by atoms with E-state index in [1.165, 1.54) is 13.0 Å². The summed E-state index contributed by atoms with van der Waals surface area (Å²) in [5.74, 6) is -3.70. The van der Waals surface area contributed by atoms with E-state index in [1.54, 1.807) is 12.1 Å². The lowest BCUT2D eigenvalue weighted by Crippen LogP contribution is -2.48. The maximum Gasteiger partial charge on any atom is 0.339 e. The Morgan fingerprint density at radius 2 is 1.89 bits per heavy atom. The summed E-state index contributed by atoms with van der Waals surface area (Å²) >= 11 is 6.56. The second kappa shape index (κ2) is 7.75. The third kappa shape index (κ3) is 3.48. The topological polar surface area (TPSA) is 123 Å². The number of carbonyl (C=O) groups excluding carboxylic acids is 2. The Balaban J connectivity index is 1.98. The van der Waals surface area contributed by atoms with Gasteiger partial charge in [0.15, 0.2) is 0 Å². The van der Waals surface area contributed by atoms with Crippen LogP contribution in [-0.4, -0.2) is 58.5 Å². The fraction of sp³-hybridized carbons (Fsp3) is 0.444. The van der Waals surface area contributed by atoms with Gasteiger partial charge in [0.1, 0.15) is 17.8 Å². The van der Waals surface area contributed by atoms with Gasteiger partial charge in [0, 0.05) is 14.9 Å². The van der Waals surface area contributed by atoms with Crippen molar-refractivity contribution in [2.75, 3.05) is 7.11 Å². The molecule has 0 amide bonds. The Kier molecular flexibility index (Phi) is 5.88. The van der Waals surface area contributed by atoms with E-state index in [9.17, 15) is 24.9 Å². The molecule has 1 unspecified atom stereocenters. The molecule has 28 heavy (non-hydrogen) atoms. The van der Waals surface area contributed by atoms with Gasteiger partial charge in [0.25, 0.3) is 0 Å². The van der Waals surface area contributed by atoms with Gasteiger partial charge in [-0.05, 0) is 41.1 Å². The van der Waals surface area contributed by atoms with E-state index < -0.39 is 47.9 Å². The van der Waals surface area contributed by atoms with Crippen LogP contribution < -0.4 is 0 Å². The lowest BCUT2D eigenvalue weighted by Gasteiger charge is -2.36. The smallest absolute Gasteiger partial charge is 0.339 e. The number of hydrogen-bond acceptors (Lipinski definition) is 8. The number of hydrogen-bond donors (Lipinski definition) is 3. The average Bonchev–Trinajstić information content (AvgIpc) is 2.83. The second-order valence-electron chi connectivity index (χ2n) is 6.81. The van der Waals surface area contributed by atoms with Crippen molar-refractivity contribution in [3.05, 3.63) is 44.5 Å². The first-order chi connectivity index (χ1) is 13.1. The van der Waals surface area contributed by atoms with Crippen molar-refractivity contribution < 1.29 is 39.1 Å². The van der Waals surface area contributed by atoms with Gasteiger partial charge in [0.2, 0.25) is 6.29 Å². The van der Waals surface area contributed by atoms with Gasteiger partial charge < -0.3 is 29.5 Å². The molecule has 1 aromatic rings. The predicted molar refractivity (Wildman–Crippen MR) is 102 cm³/mol. The summed E-state index contributed by atoms with van der Waals surface area (Å²) in [7, 11) is 1.16. The fourth-order valence-electron chi connectivity index (χ4n) is 3.72. The molecule has 1 aliphatic carbocycles. The third-order valence-corrected chi connectivity index (χ3v) is 6.29. The van der Waals surface area contributed by atoms with Crippen LogP contribution in [0.5, 0.6) is 0 Å². The van der Waals surface area contributed by atoms with Crippen LogP contribution in [0.2, 0.25) is 0 Å². The van der Waals surface area contributed by atoms with Gasteiger partial charge in [-0.3, -0.25) is 0 Å². The molecule has 0 bridgehead atoms. The number of halogens is 2. The molecule has 2 aliphatic rings. The molecule has 0 saturated heterocycles. The number of rotatable bonds is 3. The number of methoxy groups -OCH3 is 1. The zero-order valence-electron chi connectivity index (χ0n) is 14.8. The number of esters is 2. The van der Waals surface area contributed by atoms with E-state index in [4.69, 9.17) is 14.2 Å². The zero-order valence-corrected chi connectivity index (χ0v) is 18.0. The highest BCUT2D eigenvalue weighted by atomic mass is 79.9. The zero-order chi connectivity index (χ0) is 20.8. The Hall–Kier alpha value is -1.46. The van der Waals surface area contributed by atoms with E-state index in [0.717, 1.165) is 17.8 Å². The Morgan fingerprint density at radius 3 is 2.50 bits per heavy atom. The van der Waals surface area contributed by atoms with Crippen molar-refractivity contribution in [2.24, 2.45) is 11.8 Å². The monoisotopic (exact) mass is 520 g/mol. The van der Waals surface area contributed by atoms with E-state index in [2.05, 4.69) is 31.9 Å². The molecule has 0 spiro atoms. The summed E-state index contributed by atoms with van der Waals surface area (Å²) in [5, 5.41) is 31.6. The third-order valence-electron chi connectivity index (χ3n) is 5.14. The molecule has 6 atom stereocenters. The summed E-state index contributed by atoms with van der Waals surface area (Å²) in [6.07, 6.45) is -3.40. The van der Waals surface area contributed by atoms with Crippen LogP contribution in [0.4, 0.5) is 0 Å². The van der Waals surface area contributed by atoms with E-state index in [1.807, 2.05) is 0 Å². The summed E-state index contributed by atoms with van der Waals surface area (Å²) in [4.78, 5) is 24.9. The molecule has 8 nitrogen and oxygen atoms in total. The van der Waals surface area contributed by atoms with Crippen molar-refractivity contribution in [3.63, 3.8) is 0 Å². The van der Waals surface area contributed by atoms with Gasteiger partial charge >= 0.3 is 11.9 Å². The minimum Gasteiger partial charge on any atom is -0.472 e. The SMILES string of the molecule is COC(=O)C1=COC(O)[C@H]2[C@@H]1[C@H](OC(=O)c1ccc(Br)cc1Br)[C@H](O)[C@]2(C)O. The molecule has 0 aromatic heterocycles. The number of aliphatic hydroxyl groups is 3. The van der Waals surface area contributed by atoms with Gasteiger partial charge in [-0.15, -0.1) is 0 Å². The van der Waals surface area contributed by atoms with Crippen LogP contribution in [0.15, 0.2) is 39.0 Å². The maximum absolute atomic E-state index is 12.7. The van der Waals surface area contributed by atoms with Crippen LogP contribution in [-0.2, 0) is 19.0 Å². The lowest BCUT2D eigenvalue weighted by molar-refractivity contribution is -0.179. The van der Waals surface area contributed by atoms with E-state index >= 15 is 0 Å². The molecule has 152 valence electrons. The number of fused-ring (bicyclic) bond motifs is 1. The molecule has 1 heterocycles. The largest absolute Gasteiger partial charge is 0.472 e. The van der Waals surface area contributed by atoms with E-state index in [0.29, 0.717) is 4.47 Å². The van der Waals surface area contributed by atoms with Crippen LogP contribution in [0.1, 0.15) is 17.3 Å². The normalized spacial score (nSPS) is 34.1. The summed E-state index contributed by atoms with van der Waals surface area (Å²) in [6.45, 7) is 1.28. The van der Waals surface area contributed by atoms with Gasteiger partial charge in [0.05, 0.1) is 30.4 Å². The first-order valence-electron chi connectivity index (χ1n) is 8.28. The average molecular weight is 522 g/mol. The van der Waals surface area contributed by atoms with Crippen LogP contribution in [0.25, 0.3) is 0 Å². The summed E-state index contributed by atoms with van der Waals surface area (Å²) in [6, 6.07) is 4.81. The summed E-state index contributed by atoms with van der Waals surface area (Å²) < 4.78 is 16.5. The molecule has 1 fully saturated rings. The Morgan fingerprint density at radius 1 is 1.21 bits per heavy atom. The molecule has 3 rings (SSSR count). The van der Waals surface area contributed by atoms with Crippen LogP contribution in [0, 0.1) is 11.8 Å². The highest BCUT2D eigenvalue weighted by Gasteiger charge is 2.64. The maximum atomic E-state index is 12.7. The van der Waals surface area contributed by atoms with Crippen molar-refractivity contribution in [3.8, 4) is 0 Å². The molecular weight excluding hydrogens is 504 g/mol. The number of carbonyl (C=O) groups is 2. The van der Waals surface area contributed by atoms with Gasteiger partial charge in [-0.1, -0.05) is 15.9 Å². The molecule has 1 saturated carbocycles. The van der Waals surface area contributed by atoms with Gasteiger partial charge in [-0.2, -0.15) is 0 Å². The molecule has 0 radical (unpaired) electrons. The number of ether oxygens (including phenoxy) is 3. The van der Waals surface area contributed by atoms with Gasteiger partial charge in [-0.25, -0.2) is 9.59 Å². The van der Waals surface area contributed by atoms with Crippen LogP contribution >= 0.6 is 31.9 Å². The standard InChI is InChI=1S/C18H18Br2O8/c1-18(25)12-11(9(15(22)26-2)6-27-17(12)24)13(14(18)21)28-16(23)8-4-3-7(19)5-10(8)20/h3-6,11-14,17,21,24-25H,1-2H3/t11-,12-,13+,14+,17?,18-/m1/s1. The highest BCUT2D eigenvalue weighted by Crippen LogP contribution is 2.50. The van der Waals surface area contributed by atoms with Crippen molar-refractivity contribution >= 4 is 43.8 Å². The lowest BCUT2D eigenvalue weighted by atomic mass is 9.81. The first-order valence-corrected chi connectivity index (χ1v) is 9.86.